The fraction of sp³-hybridized carbons (Fsp3) is 0.125. The third-order valence-corrected chi connectivity index (χ3v) is 5.66. The Labute approximate surface area is 189 Å². The lowest BCUT2D eigenvalue weighted by Gasteiger charge is -2.18. The summed E-state index contributed by atoms with van der Waals surface area (Å²) >= 11 is 7.36. The van der Waals surface area contributed by atoms with Crippen LogP contribution in [0.3, 0.4) is 0 Å². The molecule has 4 aromatic rings. The summed E-state index contributed by atoms with van der Waals surface area (Å²) in [5, 5.41) is 6.45. The molecule has 1 unspecified atom stereocenters. The number of ether oxygens (including phenoxy) is 1. The minimum absolute atomic E-state index is 0.116. The van der Waals surface area contributed by atoms with Crippen molar-refractivity contribution < 1.29 is 9.53 Å². The Morgan fingerprint density at radius 1 is 1.03 bits per heavy atom. The molecule has 0 aliphatic heterocycles. The van der Waals surface area contributed by atoms with E-state index in [2.05, 4.69) is 15.3 Å². The molecule has 2 aromatic carbocycles. The van der Waals surface area contributed by atoms with Crippen LogP contribution in [-0.2, 0) is 17.8 Å². The average Bonchev–Trinajstić information content (AvgIpc) is 3.25. The van der Waals surface area contributed by atoms with Crippen LogP contribution in [0.4, 0.5) is 0 Å². The van der Waals surface area contributed by atoms with Crippen LogP contribution in [-0.4, -0.2) is 15.9 Å². The van der Waals surface area contributed by atoms with Gasteiger partial charge in [-0.05, 0) is 42.0 Å². The van der Waals surface area contributed by atoms with Gasteiger partial charge in [-0.2, -0.15) is 0 Å². The minimum Gasteiger partial charge on any atom is -0.486 e. The van der Waals surface area contributed by atoms with Crippen molar-refractivity contribution in [2.24, 2.45) is 0 Å². The van der Waals surface area contributed by atoms with Gasteiger partial charge < -0.3 is 10.1 Å². The summed E-state index contributed by atoms with van der Waals surface area (Å²) in [6, 6.07) is 22.3. The topological polar surface area (TPSA) is 64.1 Å². The molecular weight excluding hydrogens is 430 g/mol. The molecule has 0 aliphatic carbocycles. The van der Waals surface area contributed by atoms with Crippen molar-refractivity contribution in [2.75, 3.05) is 0 Å². The normalized spacial score (nSPS) is 11.6. The SMILES string of the molecule is O=C(Cc1csc(COc2ccc(Cl)cc2)n1)NC(c1ccccc1)c1ccccn1. The summed E-state index contributed by atoms with van der Waals surface area (Å²) in [5.74, 6) is 0.606. The molecule has 0 aliphatic rings. The van der Waals surface area contributed by atoms with Gasteiger partial charge in [-0.15, -0.1) is 11.3 Å². The van der Waals surface area contributed by atoms with E-state index in [0.717, 1.165) is 22.0 Å². The highest BCUT2D eigenvalue weighted by Crippen LogP contribution is 2.21. The van der Waals surface area contributed by atoms with E-state index in [1.165, 1.54) is 11.3 Å². The third kappa shape index (κ3) is 5.90. The smallest absolute Gasteiger partial charge is 0.226 e. The van der Waals surface area contributed by atoms with Crippen LogP contribution < -0.4 is 10.1 Å². The number of hydrogen-bond acceptors (Lipinski definition) is 5. The lowest BCUT2D eigenvalue weighted by Crippen LogP contribution is -2.31. The van der Waals surface area contributed by atoms with Gasteiger partial charge in [-0.1, -0.05) is 48.0 Å². The molecule has 4 rings (SSSR count). The monoisotopic (exact) mass is 449 g/mol. The first kappa shape index (κ1) is 21.0. The van der Waals surface area contributed by atoms with Crippen molar-refractivity contribution in [1.82, 2.24) is 15.3 Å². The molecule has 0 saturated heterocycles. The molecule has 2 aromatic heterocycles. The van der Waals surface area contributed by atoms with E-state index in [0.29, 0.717) is 17.3 Å². The number of amides is 1. The fourth-order valence-electron chi connectivity index (χ4n) is 3.07. The zero-order valence-electron chi connectivity index (χ0n) is 16.6. The van der Waals surface area contributed by atoms with Gasteiger partial charge in [-0.25, -0.2) is 4.98 Å². The molecule has 156 valence electrons. The molecule has 0 radical (unpaired) electrons. The van der Waals surface area contributed by atoms with Gasteiger partial charge in [0.05, 0.1) is 23.9 Å². The first-order valence-electron chi connectivity index (χ1n) is 9.74. The quantitative estimate of drug-likeness (QED) is 0.400. The van der Waals surface area contributed by atoms with Gasteiger partial charge in [-0.3, -0.25) is 9.78 Å². The number of hydrogen-bond donors (Lipinski definition) is 1. The second kappa shape index (κ2) is 10.2. The minimum atomic E-state index is -0.318. The van der Waals surface area contributed by atoms with Crippen LogP contribution in [0.25, 0.3) is 0 Å². The zero-order valence-corrected chi connectivity index (χ0v) is 18.1. The number of benzene rings is 2. The molecule has 1 atom stereocenters. The van der Waals surface area contributed by atoms with Crippen LogP contribution in [0.1, 0.15) is 28.0 Å². The lowest BCUT2D eigenvalue weighted by molar-refractivity contribution is -0.121. The number of aromatic nitrogens is 2. The van der Waals surface area contributed by atoms with Gasteiger partial charge in [0.1, 0.15) is 17.4 Å². The van der Waals surface area contributed by atoms with E-state index in [-0.39, 0.29) is 18.4 Å². The van der Waals surface area contributed by atoms with Crippen molar-refractivity contribution >= 4 is 28.8 Å². The van der Waals surface area contributed by atoms with Crippen LogP contribution in [0, 0.1) is 0 Å². The molecule has 0 spiro atoms. The van der Waals surface area contributed by atoms with Gasteiger partial charge >= 0.3 is 0 Å². The molecule has 1 N–H and O–H groups in total. The molecule has 31 heavy (non-hydrogen) atoms. The fourth-order valence-corrected chi connectivity index (χ4v) is 3.90. The van der Waals surface area contributed by atoms with E-state index in [1.54, 1.807) is 18.3 Å². The molecule has 2 heterocycles. The predicted molar refractivity (Wildman–Crippen MR) is 122 cm³/mol. The Hall–Kier alpha value is -3.22. The van der Waals surface area contributed by atoms with E-state index in [9.17, 15) is 4.79 Å². The predicted octanol–water partition coefficient (Wildman–Crippen LogP) is 5.22. The molecule has 7 heteroatoms. The van der Waals surface area contributed by atoms with Crippen molar-refractivity contribution in [3.63, 3.8) is 0 Å². The highest BCUT2D eigenvalue weighted by molar-refractivity contribution is 7.09. The highest BCUT2D eigenvalue weighted by atomic mass is 35.5. The molecular formula is C24H20ClN3O2S. The molecule has 0 saturated carbocycles. The van der Waals surface area contributed by atoms with Crippen molar-refractivity contribution in [3.05, 3.63) is 111 Å². The highest BCUT2D eigenvalue weighted by Gasteiger charge is 2.18. The summed E-state index contributed by atoms with van der Waals surface area (Å²) in [6.45, 7) is 0.342. The Kier molecular flexibility index (Phi) is 6.92. The maximum absolute atomic E-state index is 12.8. The standard InChI is InChI=1S/C24H20ClN3O2S/c25-18-9-11-20(12-10-18)30-15-23-27-19(16-31-23)14-22(29)28-24(17-6-2-1-3-7-17)21-8-4-5-13-26-21/h1-13,16,24H,14-15H2,(H,28,29). The van der Waals surface area contributed by atoms with E-state index < -0.39 is 0 Å². The summed E-state index contributed by atoms with van der Waals surface area (Å²) in [5.41, 5.74) is 2.48. The Morgan fingerprint density at radius 3 is 2.55 bits per heavy atom. The zero-order chi connectivity index (χ0) is 21.5. The number of thiazole rings is 1. The van der Waals surface area contributed by atoms with Gasteiger partial charge in [0.25, 0.3) is 0 Å². The van der Waals surface area contributed by atoms with Crippen LogP contribution in [0.15, 0.2) is 84.4 Å². The van der Waals surface area contributed by atoms with Gasteiger partial charge in [0.15, 0.2) is 0 Å². The van der Waals surface area contributed by atoms with Crippen molar-refractivity contribution in [2.45, 2.75) is 19.1 Å². The second-order valence-electron chi connectivity index (χ2n) is 6.82. The summed E-state index contributed by atoms with van der Waals surface area (Å²) in [4.78, 5) is 21.7. The van der Waals surface area contributed by atoms with E-state index in [4.69, 9.17) is 16.3 Å². The Bertz CT molecular complexity index is 1080. The van der Waals surface area contributed by atoms with Crippen LogP contribution >= 0.6 is 22.9 Å². The number of rotatable bonds is 8. The van der Waals surface area contributed by atoms with Crippen LogP contribution in [0.5, 0.6) is 5.75 Å². The maximum Gasteiger partial charge on any atom is 0.226 e. The Morgan fingerprint density at radius 2 is 1.81 bits per heavy atom. The molecule has 1 amide bonds. The number of carbonyl (C=O) groups excluding carboxylic acids is 1. The lowest BCUT2D eigenvalue weighted by atomic mass is 10.0. The average molecular weight is 450 g/mol. The Balaban J connectivity index is 1.39. The number of nitrogens with zero attached hydrogens (tertiary/aromatic N) is 2. The van der Waals surface area contributed by atoms with Gasteiger partial charge in [0, 0.05) is 16.6 Å². The van der Waals surface area contributed by atoms with E-state index in [1.807, 2.05) is 66.0 Å². The summed E-state index contributed by atoms with van der Waals surface area (Å²) in [7, 11) is 0. The van der Waals surface area contributed by atoms with Crippen LogP contribution in [0.2, 0.25) is 5.02 Å². The maximum atomic E-state index is 12.8. The number of carbonyl (C=O) groups is 1. The van der Waals surface area contributed by atoms with Crippen molar-refractivity contribution in [3.8, 4) is 5.75 Å². The first-order chi connectivity index (χ1) is 15.2. The van der Waals surface area contributed by atoms with Crippen molar-refractivity contribution in [1.29, 1.82) is 0 Å². The molecule has 0 bridgehead atoms. The number of halogens is 1. The second-order valence-corrected chi connectivity index (χ2v) is 8.20. The molecule has 5 nitrogen and oxygen atoms in total. The summed E-state index contributed by atoms with van der Waals surface area (Å²) < 4.78 is 5.73. The number of nitrogens with one attached hydrogen (secondary N) is 1. The van der Waals surface area contributed by atoms with E-state index >= 15 is 0 Å². The first-order valence-corrected chi connectivity index (χ1v) is 11.0. The third-order valence-electron chi connectivity index (χ3n) is 4.54. The molecule has 0 fully saturated rings. The number of pyridine rings is 1. The largest absolute Gasteiger partial charge is 0.486 e. The van der Waals surface area contributed by atoms with Gasteiger partial charge in [0.2, 0.25) is 5.91 Å². The summed E-state index contributed by atoms with van der Waals surface area (Å²) in [6.07, 6.45) is 1.92.